The number of carbonyl (C=O) groups is 1. The maximum Gasteiger partial charge on any atom is 0.341 e. The van der Waals surface area contributed by atoms with Crippen molar-refractivity contribution in [1.29, 1.82) is 0 Å². The lowest BCUT2D eigenvalue weighted by molar-refractivity contribution is 0.0695. The van der Waals surface area contributed by atoms with Crippen molar-refractivity contribution in [3.8, 4) is 11.3 Å². The molecule has 0 fully saturated rings. The van der Waals surface area contributed by atoms with Crippen LogP contribution in [0.1, 0.15) is 29.5 Å². The third-order valence-electron chi connectivity index (χ3n) is 3.38. The molecule has 106 valence electrons. The average molecular weight is 282 g/mol. The zero-order valence-corrected chi connectivity index (χ0v) is 11.5. The van der Waals surface area contributed by atoms with Crippen LogP contribution in [-0.4, -0.2) is 21.2 Å². The van der Waals surface area contributed by atoms with Crippen molar-refractivity contribution in [3.63, 3.8) is 0 Å². The number of carboxylic acid groups (broad SMARTS) is 1. The molecule has 2 aromatic heterocycles. The van der Waals surface area contributed by atoms with Gasteiger partial charge in [0, 0.05) is 29.8 Å². The van der Waals surface area contributed by atoms with E-state index in [4.69, 9.17) is 4.52 Å². The van der Waals surface area contributed by atoms with Crippen LogP contribution in [0.5, 0.6) is 0 Å². The van der Waals surface area contributed by atoms with Crippen LogP contribution in [-0.2, 0) is 6.42 Å². The number of aromatic carboxylic acids is 1. The Kier molecular flexibility index (Phi) is 3.39. The highest BCUT2D eigenvalue weighted by atomic mass is 16.5. The summed E-state index contributed by atoms with van der Waals surface area (Å²) in [7, 11) is 0. The first-order chi connectivity index (χ1) is 10.2. The fourth-order valence-electron chi connectivity index (χ4n) is 2.43. The Morgan fingerprint density at radius 1 is 1.29 bits per heavy atom. The maximum absolute atomic E-state index is 11.6. The minimum Gasteiger partial charge on any atom is -0.477 e. The van der Waals surface area contributed by atoms with Crippen molar-refractivity contribution in [2.24, 2.45) is 0 Å². The quantitative estimate of drug-likeness (QED) is 0.792. The number of benzene rings is 1. The molecule has 0 bridgehead atoms. The molecule has 1 aromatic carbocycles. The van der Waals surface area contributed by atoms with Gasteiger partial charge in [-0.05, 0) is 11.8 Å². The molecule has 0 radical (unpaired) electrons. The van der Waals surface area contributed by atoms with Gasteiger partial charge in [-0.15, -0.1) is 0 Å². The van der Waals surface area contributed by atoms with Gasteiger partial charge in [0.2, 0.25) is 0 Å². The summed E-state index contributed by atoms with van der Waals surface area (Å²) in [5.74, 6) is -0.615. The van der Waals surface area contributed by atoms with Crippen LogP contribution in [0.3, 0.4) is 0 Å². The van der Waals surface area contributed by atoms with Gasteiger partial charge in [-0.2, -0.15) is 0 Å². The Morgan fingerprint density at radius 3 is 2.86 bits per heavy atom. The molecular formula is C16H14N2O3. The summed E-state index contributed by atoms with van der Waals surface area (Å²) >= 11 is 0. The van der Waals surface area contributed by atoms with Crippen molar-refractivity contribution < 1.29 is 14.4 Å². The topological polar surface area (TPSA) is 76.2 Å². The van der Waals surface area contributed by atoms with E-state index in [1.807, 2.05) is 31.2 Å². The second-order valence-electron chi connectivity index (χ2n) is 4.79. The molecule has 0 aliphatic heterocycles. The molecule has 5 nitrogen and oxygen atoms in total. The summed E-state index contributed by atoms with van der Waals surface area (Å²) in [5, 5.41) is 15.3. The number of carboxylic acids is 1. The molecular weight excluding hydrogens is 268 g/mol. The molecule has 3 rings (SSSR count). The Morgan fingerprint density at radius 2 is 2.10 bits per heavy atom. The second-order valence-corrected chi connectivity index (χ2v) is 4.79. The van der Waals surface area contributed by atoms with Gasteiger partial charge in [-0.3, -0.25) is 4.98 Å². The first-order valence-electron chi connectivity index (χ1n) is 6.77. The zero-order valence-electron chi connectivity index (χ0n) is 11.5. The van der Waals surface area contributed by atoms with Gasteiger partial charge in [0.15, 0.2) is 5.76 Å². The summed E-state index contributed by atoms with van der Waals surface area (Å²) in [6, 6.07) is 7.67. The molecule has 5 heteroatoms. The summed E-state index contributed by atoms with van der Waals surface area (Å²) in [5.41, 5.74) is 1.15. The number of nitrogens with zero attached hydrogens (tertiary/aromatic N) is 2. The van der Waals surface area contributed by atoms with Crippen molar-refractivity contribution in [1.82, 2.24) is 10.1 Å². The molecule has 0 saturated carbocycles. The SMILES string of the molecule is CCCc1onc(-c2cncc3ccccc23)c1C(=O)O. The standard InChI is InChI=1S/C16H14N2O3/c1-2-5-13-14(16(19)20)15(18-21-13)12-9-17-8-10-6-3-4-7-11(10)12/h3-4,6-9H,2,5H2,1H3,(H,19,20). The van der Waals surface area contributed by atoms with Gasteiger partial charge in [-0.1, -0.05) is 36.3 Å². The zero-order chi connectivity index (χ0) is 14.8. The smallest absolute Gasteiger partial charge is 0.341 e. The summed E-state index contributed by atoms with van der Waals surface area (Å²) in [4.78, 5) is 15.7. The van der Waals surface area contributed by atoms with Crippen molar-refractivity contribution in [2.75, 3.05) is 0 Å². The van der Waals surface area contributed by atoms with Crippen LogP contribution in [0.2, 0.25) is 0 Å². The monoisotopic (exact) mass is 282 g/mol. The first-order valence-corrected chi connectivity index (χ1v) is 6.77. The molecule has 0 amide bonds. The van der Waals surface area contributed by atoms with Gasteiger partial charge >= 0.3 is 5.97 Å². The lowest BCUT2D eigenvalue weighted by Crippen LogP contribution is -2.01. The largest absolute Gasteiger partial charge is 0.477 e. The van der Waals surface area contributed by atoms with E-state index in [2.05, 4.69) is 10.1 Å². The molecule has 0 aliphatic rings. The molecule has 3 aromatic rings. The van der Waals surface area contributed by atoms with Crippen LogP contribution < -0.4 is 0 Å². The van der Waals surface area contributed by atoms with Gasteiger partial charge in [0.05, 0.1) is 0 Å². The maximum atomic E-state index is 11.6. The molecule has 0 aliphatic carbocycles. The molecule has 0 saturated heterocycles. The van der Waals surface area contributed by atoms with Crippen molar-refractivity contribution in [2.45, 2.75) is 19.8 Å². The average Bonchev–Trinajstić information content (AvgIpc) is 2.91. The lowest BCUT2D eigenvalue weighted by Gasteiger charge is -2.03. The van der Waals surface area contributed by atoms with Crippen molar-refractivity contribution >= 4 is 16.7 Å². The van der Waals surface area contributed by atoms with E-state index in [1.165, 1.54) is 0 Å². The molecule has 0 unspecified atom stereocenters. The number of aromatic nitrogens is 2. The number of fused-ring (bicyclic) bond motifs is 1. The number of aryl methyl sites for hydroxylation is 1. The minimum absolute atomic E-state index is 0.134. The normalized spacial score (nSPS) is 10.9. The summed E-state index contributed by atoms with van der Waals surface area (Å²) in [6.45, 7) is 1.97. The van der Waals surface area contributed by atoms with Crippen LogP contribution >= 0.6 is 0 Å². The predicted molar refractivity (Wildman–Crippen MR) is 78.2 cm³/mol. The predicted octanol–water partition coefficient (Wildman–Crippen LogP) is 3.54. The van der Waals surface area contributed by atoms with Gasteiger partial charge in [0.25, 0.3) is 0 Å². The fraction of sp³-hybridized carbons (Fsp3) is 0.188. The summed E-state index contributed by atoms with van der Waals surface area (Å²) < 4.78 is 5.24. The molecule has 21 heavy (non-hydrogen) atoms. The molecule has 2 heterocycles. The summed E-state index contributed by atoms with van der Waals surface area (Å²) in [6.07, 6.45) is 4.71. The lowest BCUT2D eigenvalue weighted by atomic mass is 10.0. The molecule has 0 spiro atoms. The third kappa shape index (κ3) is 2.27. The highest BCUT2D eigenvalue weighted by molar-refractivity contribution is 6.02. The third-order valence-corrected chi connectivity index (χ3v) is 3.38. The van der Waals surface area contributed by atoms with Crippen LogP contribution in [0.15, 0.2) is 41.2 Å². The van der Waals surface area contributed by atoms with E-state index < -0.39 is 5.97 Å². The minimum atomic E-state index is -1.03. The van der Waals surface area contributed by atoms with Crippen LogP contribution in [0.25, 0.3) is 22.0 Å². The van der Waals surface area contributed by atoms with E-state index in [-0.39, 0.29) is 5.56 Å². The molecule has 0 atom stereocenters. The van der Waals surface area contributed by atoms with Gasteiger partial charge in [-0.25, -0.2) is 4.79 Å². The Balaban J connectivity index is 2.26. The Hall–Kier alpha value is -2.69. The van der Waals surface area contributed by atoms with E-state index in [0.717, 1.165) is 17.2 Å². The van der Waals surface area contributed by atoms with E-state index in [9.17, 15) is 9.90 Å². The van der Waals surface area contributed by atoms with Gasteiger partial charge in [0.1, 0.15) is 11.3 Å². The number of hydrogen-bond donors (Lipinski definition) is 1. The number of hydrogen-bond acceptors (Lipinski definition) is 4. The highest BCUT2D eigenvalue weighted by Crippen LogP contribution is 2.31. The fourth-order valence-corrected chi connectivity index (χ4v) is 2.43. The number of rotatable bonds is 4. The van der Waals surface area contributed by atoms with Crippen molar-refractivity contribution in [3.05, 3.63) is 48.0 Å². The Labute approximate surface area is 121 Å². The first kappa shape index (κ1) is 13.3. The molecule has 1 N–H and O–H groups in total. The number of pyridine rings is 1. The highest BCUT2D eigenvalue weighted by Gasteiger charge is 2.24. The van der Waals surface area contributed by atoms with E-state index in [1.54, 1.807) is 12.4 Å². The van der Waals surface area contributed by atoms with Crippen LogP contribution in [0, 0.1) is 0 Å². The second kappa shape index (κ2) is 5.36. The van der Waals surface area contributed by atoms with E-state index in [0.29, 0.717) is 23.4 Å². The van der Waals surface area contributed by atoms with E-state index >= 15 is 0 Å². The Bertz CT molecular complexity index is 803. The van der Waals surface area contributed by atoms with Crippen LogP contribution in [0.4, 0.5) is 0 Å². The van der Waals surface area contributed by atoms with Gasteiger partial charge < -0.3 is 9.63 Å².